The Labute approximate surface area is 187 Å². The van der Waals surface area contributed by atoms with E-state index in [-0.39, 0.29) is 29.4 Å². The zero-order valence-corrected chi connectivity index (χ0v) is 19.4. The number of thiazole rings is 1. The Balaban J connectivity index is 0.00000225. The summed E-state index contributed by atoms with van der Waals surface area (Å²) in [5.74, 6) is 2.56. The molecule has 8 heteroatoms. The predicted molar refractivity (Wildman–Crippen MR) is 123 cm³/mol. The van der Waals surface area contributed by atoms with Gasteiger partial charge in [0.05, 0.1) is 17.2 Å². The fraction of sp³-hybridized carbons (Fsp3) is 0.500. The van der Waals surface area contributed by atoms with Gasteiger partial charge >= 0.3 is 0 Å². The Morgan fingerprint density at radius 3 is 2.79 bits per heavy atom. The molecule has 0 bridgehead atoms. The molecule has 2 heterocycles. The Morgan fingerprint density at radius 2 is 2.07 bits per heavy atom. The van der Waals surface area contributed by atoms with E-state index >= 15 is 0 Å². The number of aliphatic imine (C=N–C) groups is 1. The molecule has 6 nitrogen and oxygen atoms in total. The van der Waals surface area contributed by atoms with Gasteiger partial charge in [-0.3, -0.25) is 4.99 Å². The average molecular weight is 514 g/mol. The first-order chi connectivity index (χ1) is 13.2. The number of aryl methyl sites for hydroxylation is 1. The molecule has 0 radical (unpaired) electrons. The normalized spacial score (nSPS) is 16.4. The van der Waals surface area contributed by atoms with Crippen molar-refractivity contribution in [2.75, 3.05) is 26.4 Å². The quantitative estimate of drug-likeness (QED) is 0.336. The molecule has 0 amide bonds. The third kappa shape index (κ3) is 4.89. The molecule has 1 aromatic carbocycles. The van der Waals surface area contributed by atoms with Crippen molar-refractivity contribution in [3.8, 4) is 11.5 Å². The molecule has 0 unspecified atom stereocenters. The van der Waals surface area contributed by atoms with Crippen LogP contribution in [0.2, 0.25) is 0 Å². The van der Waals surface area contributed by atoms with Gasteiger partial charge in [-0.05, 0) is 44.4 Å². The number of aromatic nitrogens is 1. The second kappa shape index (κ2) is 9.30. The Morgan fingerprint density at radius 1 is 1.25 bits per heavy atom. The first kappa shape index (κ1) is 21.2. The molecule has 1 aliphatic heterocycles. The lowest BCUT2D eigenvalue weighted by Gasteiger charge is -2.16. The van der Waals surface area contributed by atoms with Gasteiger partial charge in [-0.1, -0.05) is 6.07 Å². The molecule has 28 heavy (non-hydrogen) atoms. The van der Waals surface area contributed by atoms with Gasteiger partial charge in [-0.2, -0.15) is 0 Å². The standard InChI is InChI=1S/C20H26N4O2S.HI/c1-3-21-19(22-9-6-16-11-27-14(2)24-16)23-12-20(7-8-20)15-4-5-17-18(10-15)26-13-25-17;/h4-5,10-11H,3,6-9,12-13H2,1-2H3,(H2,21,22,23);1H. The molecule has 0 saturated heterocycles. The third-order valence-corrected chi connectivity index (χ3v) is 5.89. The van der Waals surface area contributed by atoms with Gasteiger partial charge in [0, 0.05) is 30.3 Å². The fourth-order valence-corrected chi connectivity index (χ4v) is 3.97. The zero-order chi connectivity index (χ0) is 18.7. The van der Waals surface area contributed by atoms with Crippen LogP contribution in [0, 0.1) is 6.92 Å². The van der Waals surface area contributed by atoms with Gasteiger partial charge in [0.15, 0.2) is 17.5 Å². The van der Waals surface area contributed by atoms with Crippen molar-refractivity contribution in [1.82, 2.24) is 15.6 Å². The summed E-state index contributed by atoms with van der Waals surface area (Å²) in [4.78, 5) is 9.37. The number of benzene rings is 1. The first-order valence-corrected chi connectivity index (χ1v) is 10.4. The van der Waals surface area contributed by atoms with Crippen LogP contribution in [0.4, 0.5) is 0 Å². The zero-order valence-electron chi connectivity index (χ0n) is 16.3. The second-order valence-electron chi connectivity index (χ2n) is 7.08. The number of guanidine groups is 1. The number of ether oxygens (including phenoxy) is 2. The summed E-state index contributed by atoms with van der Waals surface area (Å²) in [6, 6.07) is 6.29. The molecular weight excluding hydrogens is 487 g/mol. The monoisotopic (exact) mass is 514 g/mol. The topological polar surface area (TPSA) is 67.8 Å². The van der Waals surface area contributed by atoms with Gasteiger partial charge in [-0.25, -0.2) is 4.98 Å². The largest absolute Gasteiger partial charge is 0.454 e. The molecule has 4 rings (SSSR count). The van der Waals surface area contributed by atoms with Crippen LogP contribution < -0.4 is 20.1 Å². The second-order valence-corrected chi connectivity index (χ2v) is 8.14. The van der Waals surface area contributed by atoms with Gasteiger partial charge in [0.25, 0.3) is 0 Å². The van der Waals surface area contributed by atoms with Gasteiger partial charge < -0.3 is 20.1 Å². The molecule has 2 N–H and O–H groups in total. The summed E-state index contributed by atoms with van der Waals surface area (Å²) in [7, 11) is 0. The van der Waals surface area contributed by atoms with Crippen LogP contribution in [0.5, 0.6) is 11.5 Å². The number of hydrogen-bond acceptors (Lipinski definition) is 5. The Hall–Kier alpha value is -1.55. The molecule has 1 aromatic heterocycles. The van der Waals surface area contributed by atoms with E-state index in [2.05, 4.69) is 40.1 Å². The fourth-order valence-electron chi connectivity index (χ4n) is 3.32. The van der Waals surface area contributed by atoms with E-state index in [0.717, 1.165) is 67.1 Å². The SMILES string of the molecule is CCNC(=NCC1(c2ccc3c(c2)OCO3)CC1)NCCc1csc(C)n1.I. The number of halogens is 1. The van der Waals surface area contributed by atoms with E-state index in [1.165, 1.54) is 5.56 Å². The van der Waals surface area contributed by atoms with Gasteiger partial charge in [0.2, 0.25) is 6.79 Å². The number of nitrogens with zero attached hydrogens (tertiary/aromatic N) is 2. The van der Waals surface area contributed by atoms with Crippen LogP contribution in [0.25, 0.3) is 0 Å². The van der Waals surface area contributed by atoms with E-state index in [1.54, 1.807) is 11.3 Å². The van der Waals surface area contributed by atoms with Crippen molar-refractivity contribution >= 4 is 41.3 Å². The predicted octanol–water partition coefficient (Wildman–Crippen LogP) is 3.63. The Bertz CT molecular complexity index is 835. The third-order valence-electron chi connectivity index (χ3n) is 5.06. The highest BCUT2D eigenvalue weighted by Gasteiger charge is 2.44. The lowest BCUT2D eigenvalue weighted by atomic mass is 9.96. The summed E-state index contributed by atoms with van der Waals surface area (Å²) >= 11 is 1.70. The maximum absolute atomic E-state index is 5.54. The highest BCUT2D eigenvalue weighted by molar-refractivity contribution is 14.0. The summed E-state index contributed by atoms with van der Waals surface area (Å²) < 4.78 is 11.0. The van der Waals surface area contributed by atoms with Gasteiger partial charge in [0.1, 0.15) is 0 Å². The highest BCUT2D eigenvalue weighted by atomic mass is 127. The number of fused-ring (bicyclic) bond motifs is 1. The van der Waals surface area contributed by atoms with E-state index in [4.69, 9.17) is 14.5 Å². The van der Waals surface area contributed by atoms with Crippen LogP contribution in [-0.2, 0) is 11.8 Å². The molecule has 152 valence electrons. The van der Waals surface area contributed by atoms with Crippen molar-refractivity contribution in [2.24, 2.45) is 4.99 Å². The molecule has 0 spiro atoms. The number of nitrogens with one attached hydrogen (secondary N) is 2. The molecule has 2 aromatic rings. The molecule has 1 aliphatic carbocycles. The average Bonchev–Trinajstić information content (AvgIpc) is 3.11. The maximum Gasteiger partial charge on any atom is 0.231 e. The van der Waals surface area contributed by atoms with Crippen LogP contribution in [0.1, 0.15) is 36.0 Å². The lowest BCUT2D eigenvalue weighted by Crippen LogP contribution is -2.39. The highest BCUT2D eigenvalue weighted by Crippen LogP contribution is 2.50. The van der Waals surface area contributed by atoms with Crippen LogP contribution in [-0.4, -0.2) is 37.4 Å². The van der Waals surface area contributed by atoms with E-state index < -0.39 is 0 Å². The van der Waals surface area contributed by atoms with Crippen molar-refractivity contribution < 1.29 is 9.47 Å². The minimum atomic E-state index is 0. The first-order valence-electron chi connectivity index (χ1n) is 9.52. The molecular formula is C20H27IN4O2S. The van der Waals surface area contributed by atoms with Crippen LogP contribution in [0.15, 0.2) is 28.6 Å². The Kier molecular flexibility index (Phi) is 7.03. The number of rotatable bonds is 7. The summed E-state index contributed by atoms with van der Waals surface area (Å²) in [6.45, 7) is 6.89. The summed E-state index contributed by atoms with van der Waals surface area (Å²) in [5, 5.41) is 10.0. The smallest absolute Gasteiger partial charge is 0.231 e. The van der Waals surface area contributed by atoms with Crippen molar-refractivity contribution in [1.29, 1.82) is 0 Å². The van der Waals surface area contributed by atoms with Crippen molar-refractivity contribution in [3.05, 3.63) is 39.8 Å². The number of hydrogen-bond donors (Lipinski definition) is 2. The maximum atomic E-state index is 5.54. The molecule has 1 fully saturated rings. The van der Waals surface area contributed by atoms with Crippen molar-refractivity contribution in [2.45, 2.75) is 38.5 Å². The molecule has 1 saturated carbocycles. The van der Waals surface area contributed by atoms with Gasteiger partial charge in [-0.15, -0.1) is 35.3 Å². The summed E-state index contributed by atoms with van der Waals surface area (Å²) in [6.07, 6.45) is 3.23. The molecule has 0 atom stereocenters. The summed E-state index contributed by atoms with van der Waals surface area (Å²) in [5.41, 5.74) is 2.57. The van der Waals surface area contributed by atoms with E-state index in [9.17, 15) is 0 Å². The van der Waals surface area contributed by atoms with Crippen LogP contribution >= 0.6 is 35.3 Å². The molecule has 2 aliphatic rings. The van der Waals surface area contributed by atoms with E-state index in [0.29, 0.717) is 6.79 Å². The lowest BCUT2D eigenvalue weighted by molar-refractivity contribution is 0.174. The van der Waals surface area contributed by atoms with Crippen LogP contribution in [0.3, 0.4) is 0 Å². The minimum Gasteiger partial charge on any atom is -0.454 e. The minimum absolute atomic E-state index is 0. The van der Waals surface area contributed by atoms with E-state index in [1.807, 2.05) is 13.0 Å². The van der Waals surface area contributed by atoms with Crippen molar-refractivity contribution in [3.63, 3.8) is 0 Å².